The van der Waals surface area contributed by atoms with Gasteiger partial charge in [-0.1, -0.05) is 6.08 Å². The van der Waals surface area contributed by atoms with E-state index in [1.54, 1.807) is 0 Å². The van der Waals surface area contributed by atoms with E-state index in [4.69, 9.17) is 9.84 Å². The molecule has 0 bridgehead atoms. The van der Waals surface area contributed by atoms with Gasteiger partial charge in [0.15, 0.2) is 0 Å². The van der Waals surface area contributed by atoms with E-state index < -0.39 is 18.1 Å². The lowest BCUT2D eigenvalue weighted by atomic mass is 10.1. The van der Waals surface area contributed by atoms with Gasteiger partial charge in [-0.25, -0.2) is 9.59 Å². The van der Waals surface area contributed by atoms with Crippen LogP contribution in [0.5, 0.6) is 0 Å². The molecule has 0 spiro atoms. The molecule has 0 saturated carbocycles. The maximum Gasteiger partial charge on any atom is 0.410 e. The molecule has 13 heavy (non-hydrogen) atoms. The fourth-order valence-electron chi connectivity index (χ4n) is 1.22. The third-order valence-corrected chi connectivity index (χ3v) is 1.84. The van der Waals surface area contributed by atoms with Crippen molar-refractivity contribution in [1.82, 2.24) is 4.90 Å². The number of amides is 1. The van der Waals surface area contributed by atoms with Gasteiger partial charge >= 0.3 is 12.1 Å². The van der Waals surface area contributed by atoms with Crippen LogP contribution in [0, 0.1) is 0 Å². The molecule has 1 saturated heterocycles. The zero-order valence-corrected chi connectivity index (χ0v) is 7.10. The molecule has 1 aliphatic heterocycles. The lowest BCUT2D eigenvalue weighted by molar-refractivity contribution is -0.144. The summed E-state index contributed by atoms with van der Waals surface area (Å²) in [7, 11) is 0. The van der Waals surface area contributed by atoms with Crippen molar-refractivity contribution in [2.24, 2.45) is 0 Å². The van der Waals surface area contributed by atoms with Crippen LogP contribution in [0.15, 0.2) is 12.7 Å². The molecule has 1 N–H and O–H groups in total. The van der Waals surface area contributed by atoms with Gasteiger partial charge in [0.2, 0.25) is 0 Å². The van der Waals surface area contributed by atoms with E-state index >= 15 is 0 Å². The smallest absolute Gasteiger partial charge is 0.410 e. The van der Waals surface area contributed by atoms with E-state index in [-0.39, 0.29) is 13.2 Å². The molecule has 0 radical (unpaired) electrons. The monoisotopic (exact) mass is 185 g/mol. The molecule has 1 amide bonds. The minimum absolute atomic E-state index is 0.170. The van der Waals surface area contributed by atoms with Gasteiger partial charge in [0.1, 0.15) is 6.04 Å². The molecule has 1 fully saturated rings. The number of carboxylic acids is 1. The third-order valence-electron chi connectivity index (χ3n) is 1.84. The van der Waals surface area contributed by atoms with Crippen LogP contribution in [-0.2, 0) is 9.53 Å². The zero-order valence-electron chi connectivity index (χ0n) is 7.10. The number of carboxylic acid groups (broad SMARTS) is 1. The maximum absolute atomic E-state index is 11.1. The molecule has 72 valence electrons. The maximum atomic E-state index is 11.1. The molecule has 0 aromatic carbocycles. The summed E-state index contributed by atoms with van der Waals surface area (Å²) in [4.78, 5) is 22.9. The number of nitrogens with zero attached hydrogens (tertiary/aromatic N) is 1. The highest BCUT2D eigenvalue weighted by molar-refractivity contribution is 5.81. The van der Waals surface area contributed by atoms with Crippen molar-refractivity contribution in [2.75, 3.05) is 13.2 Å². The van der Waals surface area contributed by atoms with Crippen LogP contribution in [0.3, 0.4) is 0 Å². The first-order valence-corrected chi connectivity index (χ1v) is 3.94. The summed E-state index contributed by atoms with van der Waals surface area (Å²) >= 11 is 0. The fraction of sp³-hybridized carbons (Fsp3) is 0.500. The quantitative estimate of drug-likeness (QED) is 0.649. The van der Waals surface area contributed by atoms with Gasteiger partial charge in [-0.3, -0.25) is 4.90 Å². The highest BCUT2D eigenvalue weighted by Gasteiger charge is 2.33. The molecular formula is C8H11NO4. The number of hydrogen-bond donors (Lipinski definition) is 1. The second-order valence-electron chi connectivity index (χ2n) is 2.70. The minimum atomic E-state index is -1.00. The van der Waals surface area contributed by atoms with Gasteiger partial charge in [0.05, 0.1) is 6.61 Å². The van der Waals surface area contributed by atoms with Crippen molar-refractivity contribution >= 4 is 12.1 Å². The largest absolute Gasteiger partial charge is 0.480 e. The van der Waals surface area contributed by atoms with E-state index in [0.29, 0.717) is 6.42 Å². The van der Waals surface area contributed by atoms with Gasteiger partial charge in [-0.2, -0.15) is 0 Å². The summed E-state index contributed by atoms with van der Waals surface area (Å²) in [6.45, 7) is 3.81. The second-order valence-corrected chi connectivity index (χ2v) is 2.70. The summed E-state index contributed by atoms with van der Waals surface area (Å²) in [6, 6.07) is -0.778. The number of rotatable bonds is 3. The first-order chi connectivity index (χ1) is 6.16. The van der Waals surface area contributed by atoms with Crippen LogP contribution in [0.4, 0.5) is 4.79 Å². The van der Waals surface area contributed by atoms with Crippen molar-refractivity contribution in [1.29, 1.82) is 0 Å². The minimum Gasteiger partial charge on any atom is -0.480 e. The fourth-order valence-corrected chi connectivity index (χ4v) is 1.22. The predicted molar refractivity (Wildman–Crippen MR) is 44.3 cm³/mol. The number of ether oxygens (including phenoxy) is 1. The normalized spacial score (nSPS) is 22.3. The average Bonchev–Trinajstić information content (AvgIpc) is 2.08. The van der Waals surface area contributed by atoms with Crippen LogP contribution in [0.1, 0.15) is 6.42 Å². The van der Waals surface area contributed by atoms with Gasteiger partial charge < -0.3 is 9.84 Å². The molecule has 0 aliphatic carbocycles. The van der Waals surface area contributed by atoms with Crippen molar-refractivity contribution in [3.8, 4) is 0 Å². The van der Waals surface area contributed by atoms with E-state index in [1.165, 1.54) is 6.08 Å². The number of carbonyl (C=O) groups excluding carboxylic acids is 1. The number of cyclic esters (lactones) is 1. The lowest BCUT2D eigenvalue weighted by Gasteiger charge is -2.31. The van der Waals surface area contributed by atoms with Crippen molar-refractivity contribution in [2.45, 2.75) is 12.5 Å². The number of carbonyl (C=O) groups is 2. The molecule has 0 aromatic heterocycles. The molecule has 1 heterocycles. The Hall–Kier alpha value is -1.52. The van der Waals surface area contributed by atoms with Gasteiger partial charge in [0.25, 0.3) is 0 Å². The van der Waals surface area contributed by atoms with Crippen LogP contribution >= 0.6 is 0 Å². The van der Waals surface area contributed by atoms with Crippen LogP contribution in [0.2, 0.25) is 0 Å². The Morgan fingerprint density at radius 2 is 2.54 bits per heavy atom. The summed E-state index contributed by atoms with van der Waals surface area (Å²) in [6.07, 6.45) is 1.22. The van der Waals surface area contributed by atoms with Crippen LogP contribution < -0.4 is 0 Å². The Labute approximate surface area is 75.6 Å². The predicted octanol–water partition coefficient (Wildman–Crippen LogP) is 0.468. The van der Waals surface area contributed by atoms with Gasteiger partial charge in [0, 0.05) is 13.0 Å². The lowest BCUT2D eigenvalue weighted by Crippen LogP contribution is -2.49. The standard InChI is InChI=1S/C8H11NO4/c1-2-4-9-6(7(10)11)3-5-13-8(9)12/h2,6H,1,3-5H2,(H,10,11). The molecule has 0 aromatic rings. The highest BCUT2D eigenvalue weighted by atomic mass is 16.6. The van der Waals surface area contributed by atoms with E-state index in [9.17, 15) is 9.59 Å². The Morgan fingerprint density at radius 1 is 1.85 bits per heavy atom. The summed E-state index contributed by atoms with van der Waals surface area (Å²) in [5.74, 6) is -1.00. The zero-order chi connectivity index (χ0) is 9.84. The van der Waals surface area contributed by atoms with Crippen LogP contribution in [0.25, 0.3) is 0 Å². The molecule has 1 rings (SSSR count). The van der Waals surface area contributed by atoms with E-state index in [0.717, 1.165) is 4.90 Å². The van der Waals surface area contributed by atoms with Gasteiger partial charge in [-0.15, -0.1) is 6.58 Å². The molecule has 1 atom stereocenters. The van der Waals surface area contributed by atoms with E-state index in [2.05, 4.69) is 6.58 Å². The second kappa shape index (κ2) is 3.93. The summed E-state index contributed by atoms with van der Waals surface area (Å²) in [5.41, 5.74) is 0. The van der Waals surface area contributed by atoms with Gasteiger partial charge in [-0.05, 0) is 0 Å². The van der Waals surface area contributed by atoms with Crippen molar-refractivity contribution < 1.29 is 19.4 Å². The molecular weight excluding hydrogens is 174 g/mol. The van der Waals surface area contributed by atoms with Crippen molar-refractivity contribution in [3.63, 3.8) is 0 Å². The first-order valence-electron chi connectivity index (χ1n) is 3.94. The summed E-state index contributed by atoms with van der Waals surface area (Å²) < 4.78 is 4.70. The Kier molecular flexibility index (Phi) is 2.89. The summed E-state index contributed by atoms with van der Waals surface area (Å²) in [5, 5.41) is 8.77. The Morgan fingerprint density at radius 3 is 3.08 bits per heavy atom. The molecule has 5 heteroatoms. The van der Waals surface area contributed by atoms with Crippen molar-refractivity contribution in [3.05, 3.63) is 12.7 Å². The van der Waals surface area contributed by atoms with E-state index in [1.807, 2.05) is 0 Å². The third kappa shape index (κ3) is 1.99. The Balaban J connectivity index is 2.73. The number of hydrogen-bond acceptors (Lipinski definition) is 3. The number of aliphatic carboxylic acids is 1. The molecule has 1 aliphatic rings. The highest BCUT2D eigenvalue weighted by Crippen LogP contribution is 2.13. The molecule has 1 unspecified atom stereocenters. The molecule has 5 nitrogen and oxygen atoms in total. The SMILES string of the molecule is C=CCN1C(=O)OCCC1C(=O)O. The Bertz CT molecular complexity index is 238. The van der Waals surface area contributed by atoms with Crippen LogP contribution in [-0.4, -0.2) is 41.3 Å². The topological polar surface area (TPSA) is 66.8 Å². The average molecular weight is 185 g/mol. The first kappa shape index (κ1) is 9.57.